The largest absolute Gasteiger partial charge is 0.344 e. The van der Waals surface area contributed by atoms with Crippen LogP contribution in [0.1, 0.15) is 16.7 Å². The van der Waals surface area contributed by atoms with Crippen LogP contribution in [-0.4, -0.2) is 0 Å². The first-order valence-electron chi connectivity index (χ1n) is 5.07. The minimum atomic E-state index is 0. The second kappa shape index (κ2) is 4.65. The molecule has 0 bridgehead atoms. The summed E-state index contributed by atoms with van der Waals surface area (Å²) in [7, 11) is 0. The van der Waals surface area contributed by atoms with Gasteiger partial charge in [-0.25, -0.2) is 6.07 Å². The molecule has 16 heavy (non-hydrogen) atoms. The van der Waals surface area contributed by atoms with Gasteiger partial charge in [-0.15, -0.1) is 11.6 Å². The van der Waals surface area contributed by atoms with Gasteiger partial charge in [0.05, 0.1) is 0 Å². The van der Waals surface area contributed by atoms with E-state index in [4.69, 9.17) is 6.58 Å². The van der Waals surface area contributed by atoms with E-state index in [9.17, 15) is 0 Å². The van der Waals surface area contributed by atoms with Crippen molar-refractivity contribution < 1.29 is 32.7 Å². The second-order valence-corrected chi connectivity index (χ2v) is 3.79. The Balaban J connectivity index is 0.000000963. The number of fused-ring (bicyclic) bond motifs is 3. The van der Waals surface area contributed by atoms with Crippen molar-refractivity contribution in [2.24, 2.45) is 0 Å². The van der Waals surface area contributed by atoms with Gasteiger partial charge in [-0.05, 0) is 12.0 Å². The summed E-state index contributed by atoms with van der Waals surface area (Å²) in [5, 5.41) is 0. The first-order valence-corrected chi connectivity index (χ1v) is 5.07. The fraction of sp³-hybridized carbons (Fsp3) is 0.0667. The monoisotopic (exact) mass is 279 g/mol. The van der Waals surface area contributed by atoms with E-state index in [2.05, 4.69) is 36.4 Å². The van der Waals surface area contributed by atoms with E-state index in [0.29, 0.717) is 0 Å². The third kappa shape index (κ3) is 1.71. The molecule has 2 aromatic rings. The first kappa shape index (κ1) is 11.8. The van der Waals surface area contributed by atoms with Crippen LogP contribution in [0, 0.1) is 12.6 Å². The Kier molecular flexibility index (Phi) is 3.42. The molecule has 0 saturated carbocycles. The molecular weight excluding hydrogens is 269 g/mol. The van der Waals surface area contributed by atoms with E-state index in [-0.39, 0.29) is 32.7 Å². The van der Waals surface area contributed by atoms with Gasteiger partial charge in [0.2, 0.25) is 0 Å². The van der Waals surface area contributed by atoms with Crippen LogP contribution < -0.4 is 0 Å². The molecule has 75 valence electrons. The summed E-state index contributed by atoms with van der Waals surface area (Å²) in [6.07, 6.45) is 2.65. The molecule has 0 unspecified atom stereocenters. The van der Waals surface area contributed by atoms with E-state index in [1.807, 2.05) is 6.07 Å². The van der Waals surface area contributed by atoms with Gasteiger partial charge >= 0.3 is 0 Å². The topological polar surface area (TPSA) is 0 Å². The molecule has 0 aliphatic heterocycles. The smallest absolute Gasteiger partial charge is 0 e. The molecule has 0 heterocycles. The summed E-state index contributed by atoms with van der Waals surface area (Å²) in [4.78, 5) is 0. The van der Waals surface area contributed by atoms with Crippen molar-refractivity contribution in [2.75, 3.05) is 0 Å². The molecule has 0 aromatic heterocycles. The van der Waals surface area contributed by atoms with E-state index in [0.717, 1.165) is 12.0 Å². The molecule has 0 saturated heterocycles. The molecule has 0 fully saturated rings. The third-order valence-corrected chi connectivity index (χ3v) is 2.95. The Morgan fingerprint density at radius 2 is 1.94 bits per heavy atom. The van der Waals surface area contributed by atoms with E-state index >= 15 is 0 Å². The normalized spacial score (nSPS) is 11.2. The van der Waals surface area contributed by atoms with Crippen molar-refractivity contribution in [2.45, 2.75) is 6.42 Å². The Morgan fingerprint density at radius 1 is 1.12 bits per heavy atom. The Labute approximate surface area is 121 Å². The molecule has 0 nitrogen and oxygen atoms in total. The van der Waals surface area contributed by atoms with Gasteiger partial charge in [0.25, 0.3) is 0 Å². The van der Waals surface area contributed by atoms with Crippen molar-refractivity contribution in [1.82, 2.24) is 0 Å². The zero-order chi connectivity index (χ0) is 10.3. The summed E-state index contributed by atoms with van der Waals surface area (Å²) < 4.78 is 0. The van der Waals surface area contributed by atoms with Crippen LogP contribution >= 0.6 is 0 Å². The van der Waals surface area contributed by atoms with Crippen LogP contribution in [0.2, 0.25) is 0 Å². The van der Waals surface area contributed by atoms with Crippen LogP contribution in [0.4, 0.5) is 0 Å². The maximum atomic E-state index is 5.62. The van der Waals surface area contributed by atoms with Gasteiger partial charge in [-0.2, -0.15) is 11.6 Å². The SMILES string of the molecule is [CH-]=Cc1[c-]ccc2c1-c1ccccc1C2.[Y]. The van der Waals surface area contributed by atoms with Crippen LogP contribution in [0.5, 0.6) is 0 Å². The number of hydrogen-bond donors (Lipinski definition) is 0. The van der Waals surface area contributed by atoms with Crippen LogP contribution in [0.15, 0.2) is 36.4 Å². The van der Waals surface area contributed by atoms with E-state index in [1.165, 1.54) is 22.3 Å². The Hall–Kier alpha value is -0.716. The molecule has 0 spiro atoms. The number of hydrogen-bond acceptors (Lipinski definition) is 0. The van der Waals surface area contributed by atoms with Gasteiger partial charge in [0.15, 0.2) is 0 Å². The van der Waals surface area contributed by atoms with Gasteiger partial charge in [-0.3, -0.25) is 5.56 Å². The predicted molar refractivity (Wildman–Crippen MR) is 62.3 cm³/mol. The number of rotatable bonds is 1. The zero-order valence-electron chi connectivity index (χ0n) is 8.90. The third-order valence-electron chi connectivity index (χ3n) is 2.95. The van der Waals surface area contributed by atoms with Crippen molar-refractivity contribution >= 4 is 6.08 Å². The zero-order valence-corrected chi connectivity index (χ0v) is 11.7. The van der Waals surface area contributed by atoms with Crippen molar-refractivity contribution in [3.63, 3.8) is 0 Å². The Bertz CT molecular complexity index is 541. The average Bonchev–Trinajstić information content (AvgIpc) is 2.67. The van der Waals surface area contributed by atoms with Gasteiger partial charge in [-0.1, -0.05) is 29.8 Å². The molecule has 1 radical (unpaired) electrons. The quantitative estimate of drug-likeness (QED) is 0.598. The summed E-state index contributed by atoms with van der Waals surface area (Å²) >= 11 is 0. The van der Waals surface area contributed by atoms with Gasteiger partial charge in [0, 0.05) is 32.7 Å². The molecule has 0 atom stereocenters. The summed E-state index contributed by atoms with van der Waals surface area (Å²) in [5.74, 6) is 0. The number of benzene rings is 2. The van der Waals surface area contributed by atoms with E-state index < -0.39 is 0 Å². The van der Waals surface area contributed by atoms with Gasteiger partial charge < -0.3 is 12.7 Å². The fourth-order valence-electron chi connectivity index (χ4n) is 2.28. The Morgan fingerprint density at radius 3 is 2.75 bits per heavy atom. The second-order valence-electron chi connectivity index (χ2n) is 3.79. The first-order chi connectivity index (χ1) is 7.40. The minimum absolute atomic E-state index is 0. The molecule has 0 N–H and O–H groups in total. The van der Waals surface area contributed by atoms with Crippen molar-refractivity contribution in [3.05, 3.63) is 65.7 Å². The molecule has 2 aromatic carbocycles. The van der Waals surface area contributed by atoms with Gasteiger partial charge in [0.1, 0.15) is 0 Å². The van der Waals surface area contributed by atoms with Crippen LogP contribution in [0.25, 0.3) is 17.2 Å². The van der Waals surface area contributed by atoms with Crippen LogP contribution in [-0.2, 0) is 39.1 Å². The standard InChI is InChI=1S/C15H10.Y/c1-2-11-7-5-8-13-10-12-6-3-4-9-14(12)15(11)13;/h1-6,8-9H,10H2;/q-2;. The summed E-state index contributed by atoms with van der Waals surface area (Å²) in [6, 6.07) is 15.7. The molecule has 0 amide bonds. The maximum Gasteiger partial charge on any atom is 0 e. The molecule has 1 heteroatoms. The van der Waals surface area contributed by atoms with Crippen LogP contribution in [0.3, 0.4) is 0 Å². The molecule has 1 aliphatic rings. The predicted octanol–water partition coefficient (Wildman–Crippen LogP) is 3.50. The van der Waals surface area contributed by atoms with Crippen molar-refractivity contribution in [3.8, 4) is 11.1 Å². The average molecular weight is 279 g/mol. The fourth-order valence-corrected chi connectivity index (χ4v) is 2.28. The molecular formula is C15H10Y-2. The van der Waals surface area contributed by atoms with Crippen molar-refractivity contribution in [1.29, 1.82) is 0 Å². The summed E-state index contributed by atoms with van der Waals surface area (Å²) in [6.45, 7) is 5.62. The maximum absolute atomic E-state index is 5.62. The minimum Gasteiger partial charge on any atom is -0.344 e. The molecule has 3 rings (SSSR count). The summed E-state index contributed by atoms with van der Waals surface area (Å²) in [5.41, 5.74) is 6.32. The molecule has 1 aliphatic carbocycles. The van der Waals surface area contributed by atoms with E-state index in [1.54, 1.807) is 6.08 Å².